The van der Waals surface area contributed by atoms with E-state index < -0.39 is 0 Å². The normalized spacial score (nSPS) is 10.6. The number of carbonyl (C=O) groups is 1. The first-order chi connectivity index (χ1) is 7.26. The monoisotopic (exact) mass is 228 g/mol. The molecule has 5 heteroatoms. The number of esters is 1. The summed E-state index contributed by atoms with van der Waals surface area (Å²) in [7, 11) is 1.41. The molecule has 1 aromatic rings. The van der Waals surface area contributed by atoms with Crippen molar-refractivity contribution in [3.63, 3.8) is 0 Å². The predicted molar refractivity (Wildman–Crippen MR) is 59.7 cm³/mol. The van der Waals surface area contributed by atoms with Gasteiger partial charge in [-0.1, -0.05) is 6.92 Å². The fourth-order valence-corrected chi connectivity index (χ4v) is 1.96. The van der Waals surface area contributed by atoms with Gasteiger partial charge in [0.1, 0.15) is 5.01 Å². The van der Waals surface area contributed by atoms with Crippen molar-refractivity contribution >= 4 is 17.3 Å². The first-order valence-corrected chi connectivity index (χ1v) is 5.81. The predicted octanol–water partition coefficient (Wildman–Crippen LogP) is 1.53. The Morgan fingerprint density at radius 1 is 1.67 bits per heavy atom. The molecule has 0 aliphatic rings. The molecule has 1 heterocycles. The molecule has 0 amide bonds. The van der Waals surface area contributed by atoms with Crippen LogP contribution in [0.25, 0.3) is 0 Å². The maximum absolute atomic E-state index is 11.1. The molecule has 0 aromatic carbocycles. The average molecular weight is 228 g/mol. The van der Waals surface area contributed by atoms with Crippen LogP contribution in [0, 0.1) is 0 Å². The van der Waals surface area contributed by atoms with Gasteiger partial charge in [-0.15, -0.1) is 11.3 Å². The van der Waals surface area contributed by atoms with Crippen molar-refractivity contribution in [3.05, 3.63) is 16.6 Å². The third-order valence-corrected chi connectivity index (χ3v) is 2.73. The molecule has 0 N–H and O–H groups in total. The third-order valence-electron chi connectivity index (χ3n) is 1.96. The topological polar surface area (TPSA) is 42.4 Å². The maximum atomic E-state index is 11.1. The van der Waals surface area contributed by atoms with E-state index in [2.05, 4.69) is 16.6 Å². The first kappa shape index (κ1) is 12.1. The van der Waals surface area contributed by atoms with Crippen LogP contribution in [0.4, 0.5) is 0 Å². The smallest absolute Gasteiger partial charge is 0.319 e. The molecule has 0 saturated heterocycles. The van der Waals surface area contributed by atoms with Gasteiger partial charge in [0.05, 0.1) is 20.2 Å². The molecule has 15 heavy (non-hydrogen) atoms. The highest BCUT2D eigenvalue weighted by Crippen LogP contribution is 2.08. The minimum atomic E-state index is -0.194. The highest BCUT2D eigenvalue weighted by Gasteiger charge is 2.11. The van der Waals surface area contributed by atoms with Gasteiger partial charge in [-0.3, -0.25) is 9.69 Å². The van der Waals surface area contributed by atoms with Crippen LogP contribution in [0.15, 0.2) is 11.6 Å². The Bertz CT molecular complexity index is 288. The van der Waals surface area contributed by atoms with Crippen LogP contribution in [-0.2, 0) is 16.1 Å². The molecule has 0 fully saturated rings. The summed E-state index contributed by atoms with van der Waals surface area (Å²) in [4.78, 5) is 17.4. The van der Waals surface area contributed by atoms with E-state index in [0.29, 0.717) is 6.54 Å². The minimum Gasteiger partial charge on any atom is -0.468 e. The van der Waals surface area contributed by atoms with Crippen molar-refractivity contribution in [2.45, 2.75) is 19.9 Å². The minimum absolute atomic E-state index is 0.194. The van der Waals surface area contributed by atoms with Crippen LogP contribution < -0.4 is 0 Å². The first-order valence-electron chi connectivity index (χ1n) is 4.93. The summed E-state index contributed by atoms with van der Waals surface area (Å²) in [6.07, 6.45) is 2.80. The van der Waals surface area contributed by atoms with Gasteiger partial charge in [-0.2, -0.15) is 0 Å². The maximum Gasteiger partial charge on any atom is 0.319 e. The zero-order valence-electron chi connectivity index (χ0n) is 9.10. The quantitative estimate of drug-likeness (QED) is 0.692. The lowest BCUT2D eigenvalue weighted by molar-refractivity contribution is -0.142. The van der Waals surface area contributed by atoms with E-state index in [-0.39, 0.29) is 5.97 Å². The van der Waals surface area contributed by atoms with Gasteiger partial charge in [0.15, 0.2) is 0 Å². The van der Waals surface area contributed by atoms with Gasteiger partial charge in [0.2, 0.25) is 0 Å². The highest BCUT2D eigenvalue weighted by molar-refractivity contribution is 7.09. The van der Waals surface area contributed by atoms with Crippen molar-refractivity contribution in [2.24, 2.45) is 0 Å². The van der Waals surface area contributed by atoms with E-state index in [9.17, 15) is 4.79 Å². The van der Waals surface area contributed by atoms with Gasteiger partial charge >= 0.3 is 5.97 Å². The molecular formula is C10H16N2O2S. The van der Waals surface area contributed by atoms with E-state index in [1.165, 1.54) is 7.11 Å². The Morgan fingerprint density at radius 2 is 2.47 bits per heavy atom. The number of thiazole rings is 1. The van der Waals surface area contributed by atoms with E-state index >= 15 is 0 Å². The number of aromatic nitrogens is 1. The SMILES string of the molecule is CCCN(CC(=O)OC)Cc1nccs1. The molecule has 0 aliphatic heterocycles. The summed E-state index contributed by atoms with van der Waals surface area (Å²) in [5.41, 5.74) is 0. The Kier molecular flexibility index (Phi) is 5.28. The van der Waals surface area contributed by atoms with Crippen LogP contribution in [0.2, 0.25) is 0 Å². The van der Waals surface area contributed by atoms with Crippen LogP contribution in [0.5, 0.6) is 0 Å². The van der Waals surface area contributed by atoms with E-state index in [1.54, 1.807) is 17.5 Å². The van der Waals surface area contributed by atoms with Crippen molar-refractivity contribution in [2.75, 3.05) is 20.2 Å². The van der Waals surface area contributed by atoms with Crippen LogP contribution in [0.1, 0.15) is 18.4 Å². The Hall–Kier alpha value is -0.940. The molecule has 84 valence electrons. The molecule has 0 unspecified atom stereocenters. The van der Waals surface area contributed by atoms with Crippen molar-refractivity contribution < 1.29 is 9.53 Å². The van der Waals surface area contributed by atoms with E-state index in [4.69, 9.17) is 0 Å². The summed E-state index contributed by atoms with van der Waals surface area (Å²) in [6, 6.07) is 0. The average Bonchev–Trinajstić information content (AvgIpc) is 2.70. The van der Waals surface area contributed by atoms with Crippen LogP contribution in [-0.4, -0.2) is 36.1 Å². The van der Waals surface area contributed by atoms with Crippen molar-refractivity contribution in [3.8, 4) is 0 Å². The number of nitrogens with zero attached hydrogens (tertiary/aromatic N) is 2. The second-order valence-corrected chi connectivity index (χ2v) is 4.19. The number of rotatable bonds is 6. The zero-order valence-corrected chi connectivity index (χ0v) is 9.92. The Labute approximate surface area is 93.9 Å². The number of hydrogen-bond acceptors (Lipinski definition) is 5. The van der Waals surface area contributed by atoms with Gasteiger partial charge in [-0.05, 0) is 13.0 Å². The van der Waals surface area contributed by atoms with Gasteiger partial charge in [-0.25, -0.2) is 4.98 Å². The van der Waals surface area contributed by atoms with E-state index in [1.807, 2.05) is 10.3 Å². The second kappa shape index (κ2) is 6.53. The molecule has 0 spiro atoms. The number of methoxy groups -OCH3 is 1. The lowest BCUT2D eigenvalue weighted by atomic mass is 10.4. The number of hydrogen-bond donors (Lipinski definition) is 0. The third kappa shape index (κ3) is 4.40. The number of ether oxygens (including phenoxy) is 1. The summed E-state index contributed by atoms with van der Waals surface area (Å²) < 4.78 is 4.65. The zero-order chi connectivity index (χ0) is 11.1. The fraction of sp³-hybridized carbons (Fsp3) is 0.600. The largest absolute Gasteiger partial charge is 0.468 e. The molecule has 1 rings (SSSR count). The Morgan fingerprint density at radius 3 is 3.00 bits per heavy atom. The summed E-state index contributed by atoms with van der Waals surface area (Å²) in [5, 5.41) is 2.98. The van der Waals surface area contributed by atoms with Gasteiger partial charge < -0.3 is 4.74 Å². The fourth-order valence-electron chi connectivity index (χ4n) is 1.30. The second-order valence-electron chi connectivity index (χ2n) is 3.21. The van der Waals surface area contributed by atoms with Crippen molar-refractivity contribution in [1.82, 2.24) is 9.88 Å². The summed E-state index contributed by atoms with van der Waals surface area (Å²) >= 11 is 1.61. The lowest BCUT2D eigenvalue weighted by Crippen LogP contribution is -2.30. The molecule has 1 aromatic heterocycles. The van der Waals surface area contributed by atoms with Gasteiger partial charge in [0, 0.05) is 11.6 Å². The van der Waals surface area contributed by atoms with Crippen molar-refractivity contribution in [1.29, 1.82) is 0 Å². The molecular weight excluding hydrogens is 212 g/mol. The lowest BCUT2D eigenvalue weighted by Gasteiger charge is -2.18. The highest BCUT2D eigenvalue weighted by atomic mass is 32.1. The van der Waals surface area contributed by atoms with Gasteiger partial charge in [0.25, 0.3) is 0 Å². The summed E-state index contributed by atoms with van der Waals surface area (Å²) in [6.45, 7) is 4.03. The number of carbonyl (C=O) groups excluding carboxylic acids is 1. The molecule has 0 atom stereocenters. The van der Waals surface area contributed by atoms with Crippen LogP contribution in [0.3, 0.4) is 0 Å². The van der Waals surface area contributed by atoms with E-state index in [0.717, 1.165) is 24.5 Å². The summed E-state index contributed by atoms with van der Waals surface area (Å²) in [5.74, 6) is -0.194. The molecule has 0 radical (unpaired) electrons. The molecule has 0 aliphatic carbocycles. The molecule has 0 saturated carbocycles. The van der Waals surface area contributed by atoms with Crippen LogP contribution >= 0.6 is 11.3 Å². The molecule has 4 nitrogen and oxygen atoms in total. The Balaban J connectivity index is 2.46. The standard InChI is InChI=1S/C10H16N2O2S/c1-3-5-12(8-10(13)14-2)7-9-11-4-6-15-9/h4,6H,3,5,7-8H2,1-2H3. The molecule has 0 bridgehead atoms.